The Morgan fingerprint density at radius 1 is 1.36 bits per heavy atom. The van der Waals surface area contributed by atoms with E-state index in [1.54, 1.807) is 24.9 Å². The van der Waals surface area contributed by atoms with Crippen LogP contribution in [-0.4, -0.2) is 27.3 Å². The molecule has 0 spiro atoms. The van der Waals surface area contributed by atoms with Crippen LogP contribution in [0.15, 0.2) is 33.7 Å². The SMILES string of the molecule is CO[C@H]1C[C@@H](n2c(=O)n(C)c3cnc4ccc(Br)cc4c32)C1. The Kier molecular flexibility index (Phi) is 3.13. The third-order valence-corrected chi connectivity index (χ3v) is 5.14. The van der Waals surface area contributed by atoms with Crippen LogP contribution in [0.1, 0.15) is 18.9 Å². The Hall–Kier alpha value is -1.66. The van der Waals surface area contributed by atoms with Gasteiger partial charge < -0.3 is 4.74 Å². The molecule has 0 saturated heterocycles. The molecule has 0 N–H and O–H groups in total. The van der Waals surface area contributed by atoms with Crippen LogP contribution in [0.5, 0.6) is 0 Å². The number of hydrogen-bond donors (Lipinski definition) is 0. The Balaban J connectivity index is 2.04. The zero-order chi connectivity index (χ0) is 15.4. The fourth-order valence-corrected chi connectivity index (χ4v) is 3.64. The molecule has 0 unspecified atom stereocenters. The summed E-state index contributed by atoms with van der Waals surface area (Å²) in [5.41, 5.74) is 2.76. The van der Waals surface area contributed by atoms with E-state index < -0.39 is 0 Å². The molecule has 5 nitrogen and oxygen atoms in total. The molecule has 4 rings (SSSR count). The summed E-state index contributed by atoms with van der Waals surface area (Å²) >= 11 is 3.51. The van der Waals surface area contributed by atoms with Crippen molar-refractivity contribution in [3.8, 4) is 0 Å². The van der Waals surface area contributed by atoms with E-state index in [0.29, 0.717) is 0 Å². The van der Waals surface area contributed by atoms with Crippen molar-refractivity contribution in [3.63, 3.8) is 0 Å². The molecular formula is C16H16BrN3O2. The molecule has 1 aliphatic carbocycles. The van der Waals surface area contributed by atoms with Crippen LogP contribution in [0, 0.1) is 0 Å². The fraction of sp³-hybridized carbons (Fsp3) is 0.375. The van der Waals surface area contributed by atoms with Gasteiger partial charge in [-0.1, -0.05) is 15.9 Å². The second-order valence-electron chi connectivity index (χ2n) is 5.85. The summed E-state index contributed by atoms with van der Waals surface area (Å²) in [6.45, 7) is 0. The van der Waals surface area contributed by atoms with E-state index in [2.05, 4.69) is 20.9 Å². The number of methoxy groups -OCH3 is 1. The maximum Gasteiger partial charge on any atom is 0.329 e. The monoisotopic (exact) mass is 361 g/mol. The number of halogens is 1. The Labute approximate surface area is 135 Å². The molecule has 3 aromatic rings. The molecule has 0 atom stereocenters. The van der Waals surface area contributed by atoms with E-state index in [0.717, 1.165) is 39.3 Å². The van der Waals surface area contributed by atoms with Crippen molar-refractivity contribution in [1.29, 1.82) is 0 Å². The zero-order valence-corrected chi connectivity index (χ0v) is 14.0. The number of rotatable bonds is 2. The van der Waals surface area contributed by atoms with Gasteiger partial charge in [-0.15, -0.1) is 0 Å². The first-order chi connectivity index (χ1) is 10.6. The molecule has 114 valence electrons. The molecule has 2 aromatic heterocycles. The number of pyridine rings is 1. The van der Waals surface area contributed by atoms with Crippen molar-refractivity contribution in [2.24, 2.45) is 7.05 Å². The number of imidazole rings is 1. The molecule has 1 saturated carbocycles. The Bertz CT molecular complexity index is 938. The number of aryl methyl sites for hydroxylation is 1. The van der Waals surface area contributed by atoms with Gasteiger partial charge in [-0.25, -0.2) is 4.79 Å². The van der Waals surface area contributed by atoms with Crippen molar-refractivity contribution in [2.45, 2.75) is 25.0 Å². The highest BCUT2D eigenvalue weighted by atomic mass is 79.9. The average molecular weight is 362 g/mol. The van der Waals surface area contributed by atoms with Crippen molar-refractivity contribution in [2.75, 3.05) is 7.11 Å². The largest absolute Gasteiger partial charge is 0.381 e. The number of nitrogens with zero attached hydrogens (tertiary/aromatic N) is 3. The minimum absolute atomic E-state index is 0.0174. The molecular weight excluding hydrogens is 346 g/mol. The molecule has 1 fully saturated rings. The molecule has 0 aliphatic heterocycles. The first kappa shape index (κ1) is 14.0. The van der Waals surface area contributed by atoms with E-state index in [9.17, 15) is 4.79 Å². The summed E-state index contributed by atoms with van der Waals surface area (Å²) in [5.74, 6) is 0. The fourth-order valence-electron chi connectivity index (χ4n) is 3.28. The standard InChI is InChI=1S/C16H16BrN3O2/c1-19-14-8-18-13-4-3-9(17)5-12(13)15(14)20(16(19)21)10-6-11(7-10)22-2/h3-5,8,10-11H,6-7H2,1-2H3/t10-,11+. The van der Waals surface area contributed by atoms with Gasteiger partial charge in [0.2, 0.25) is 0 Å². The maximum atomic E-state index is 12.7. The van der Waals surface area contributed by atoms with Crippen molar-refractivity contribution in [1.82, 2.24) is 14.1 Å². The molecule has 22 heavy (non-hydrogen) atoms. The summed E-state index contributed by atoms with van der Waals surface area (Å²) in [5, 5.41) is 1.01. The lowest BCUT2D eigenvalue weighted by molar-refractivity contribution is 0.00635. The van der Waals surface area contributed by atoms with E-state index >= 15 is 0 Å². The third-order valence-electron chi connectivity index (χ3n) is 4.65. The Morgan fingerprint density at radius 3 is 2.86 bits per heavy atom. The van der Waals surface area contributed by atoms with Crippen molar-refractivity contribution < 1.29 is 4.74 Å². The van der Waals surface area contributed by atoms with Gasteiger partial charge in [0.1, 0.15) is 0 Å². The lowest BCUT2D eigenvalue weighted by Gasteiger charge is -2.34. The lowest BCUT2D eigenvalue weighted by Crippen LogP contribution is -2.37. The van der Waals surface area contributed by atoms with E-state index in [-0.39, 0.29) is 17.8 Å². The topological polar surface area (TPSA) is 49.0 Å². The highest BCUT2D eigenvalue weighted by molar-refractivity contribution is 9.10. The minimum Gasteiger partial charge on any atom is -0.381 e. The van der Waals surface area contributed by atoms with Crippen LogP contribution < -0.4 is 5.69 Å². The smallest absolute Gasteiger partial charge is 0.329 e. The van der Waals surface area contributed by atoms with Crippen LogP contribution in [0.4, 0.5) is 0 Å². The molecule has 6 heteroatoms. The van der Waals surface area contributed by atoms with Crippen LogP contribution in [0.25, 0.3) is 21.9 Å². The van der Waals surface area contributed by atoms with Crippen LogP contribution in [0.2, 0.25) is 0 Å². The van der Waals surface area contributed by atoms with Gasteiger partial charge in [0.15, 0.2) is 0 Å². The molecule has 0 radical (unpaired) electrons. The highest BCUT2D eigenvalue weighted by Gasteiger charge is 2.33. The number of aromatic nitrogens is 3. The van der Waals surface area contributed by atoms with Gasteiger partial charge in [-0.05, 0) is 31.0 Å². The number of fused-ring (bicyclic) bond motifs is 3. The van der Waals surface area contributed by atoms with Gasteiger partial charge >= 0.3 is 5.69 Å². The van der Waals surface area contributed by atoms with Crippen LogP contribution in [-0.2, 0) is 11.8 Å². The third kappa shape index (κ3) is 1.87. The van der Waals surface area contributed by atoms with Gasteiger partial charge in [0, 0.05) is 30.1 Å². The predicted octanol–water partition coefficient (Wildman–Crippen LogP) is 3.00. The molecule has 1 aliphatic rings. The lowest BCUT2D eigenvalue weighted by atomic mass is 9.89. The normalized spacial score (nSPS) is 21.4. The average Bonchev–Trinajstić information content (AvgIpc) is 2.72. The second-order valence-corrected chi connectivity index (χ2v) is 6.76. The highest BCUT2D eigenvalue weighted by Crippen LogP contribution is 2.37. The van der Waals surface area contributed by atoms with Gasteiger partial charge in [-0.3, -0.25) is 14.1 Å². The summed E-state index contributed by atoms with van der Waals surface area (Å²) in [4.78, 5) is 17.2. The van der Waals surface area contributed by atoms with Crippen molar-refractivity contribution >= 4 is 37.9 Å². The first-order valence-corrected chi connectivity index (χ1v) is 8.07. The van der Waals surface area contributed by atoms with Gasteiger partial charge in [0.25, 0.3) is 0 Å². The summed E-state index contributed by atoms with van der Waals surface area (Å²) in [6, 6.07) is 6.18. The summed E-state index contributed by atoms with van der Waals surface area (Å²) in [7, 11) is 3.53. The van der Waals surface area contributed by atoms with E-state index in [1.807, 2.05) is 22.8 Å². The van der Waals surface area contributed by atoms with E-state index in [1.165, 1.54) is 0 Å². The maximum absolute atomic E-state index is 12.7. The first-order valence-electron chi connectivity index (χ1n) is 7.28. The predicted molar refractivity (Wildman–Crippen MR) is 89.2 cm³/mol. The van der Waals surface area contributed by atoms with Crippen LogP contribution >= 0.6 is 15.9 Å². The number of ether oxygens (including phenoxy) is 1. The molecule has 0 bridgehead atoms. The minimum atomic E-state index is 0.0174. The number of hydrogen-bond acceptors (Lipinski definition) is 3. The van der Waals surface area contributed by atoms with Crippen molar-refractivity contribution in [3.05, 3.63) is 39.4 Å². The van der Waals surface area contributed by atoms with Crippen LogP contribution in [0.3, 0.4) is 0 Å². The van der Waals surface area contributed by atoms with Gasteiger partial charge in [-0.2, -0.15) is 0 Å². The molecule has 1 aromatic carbocycles. The Morgan fingerprint density at radius 2 is 2.14 bits per heavy atom. The second kappa shape index (κ2) is 4.93. The molecule has 2 heterocycles. The zero-order valence-electron chi connectivity index (χ0n) is 12.4. The summed E-state index contributed by atoms with van der Waals surface area (Å²) in [6.07, 6.45) is 3.81. The summed E-state index contributed by atoms with van der Waals surface area (Å²) < 4.78 is 9.95. The van der Waals surface area contributed by atoms with E-state index in [4.69, 9.17) is 4.74 Å². The van der Waals surface area contributed by atoms with Gasteiger partial charge in [0.05, 0.1) is 28.9 Å². The quantitative estimate of drug-likeness (QED) is 0.704. The molecule has 0 amide bonds. The number of benzene rings is 1.